The summed E-state index contributed by atoms with van der Waals surface area (Å²) < 4.78 is 0. The Balaban J connectivity index is 1.52. The molecule has 98 valence electrons. The van der Waals surface area contributed by atoms with Crippen LogP contribution in [-0.2, 0) is 6.42 Å². The van der Waals surface area contributed by atoms with Crippen LogP contribution >= 0.6 is 0 Å². The van der Waals surface area contributed by atoms with Crippen molar-refractivity contribution in [3.8, 4) is 0 Å². The van der Waals surface area contributed by atoms with Gasteiger partial charge in [0.05, 0.1) is 0 Å². The van der Waals surface area contributed by atoms with E-state index in [1.54, 1.807) is 0 Å². The molecule has 1 heterocycles. The van der Waals surface area contributed by atoms with E-state index in [1.165, 1.54) is 17.5 Å². The van der Waals surface area contributed by atoms with Gasteiger partial charge in [0, 0.05) is 18.4 Å². The Morgan fingerprint density at radius 3 is 2.74 bits per heavy atom. The standard InChI is InChI=1S/C17H20N2/c18-17(9-8-13-5-4-10-19-12-13)16-11-15(16)14-6-2-1-3-7-14/h1-7,10,12,15-17H,8-9,11,18H2. The highest BCUT2D eigenvalue weighted by Crippen LogP contribution is 2.49. The van der Waals surface area contributed by atoms with E-state index in [1.807, 2.05) is 18.5 Å². The molecule has 1 saturated carbocycles. The Hall–Kier alpha value is -1.67. The molecule has 19 heavy (non-hydrogen) atoms. The summed E-state index contributed by atoms with van der Waals surface area (Å²) in [5.74, 6) is 1.35. The van der Waals surface area contributed by atoms with Crippen molar-refractivity contribution in [1.82, 2.24) is 4.98 Å². The van der Waals surface area contributed by atoms with Crippen molar-refractivity contribution in [2.45, 2.75) is 31.2 Å². The fraction of sp³-hybridized carbons (Fsp3) is 0.353. The molecule has 3 unspecified atom stereocenters. The number of aromatic nitrogens is 1. The number of rotatable bonds is 5. The highest BCUT2D eigenvalue weighted by Gasteiger charge is 2.41. The van der Waals surface area contributed by atoms with Crippen LogP contribution in [0.25, 0.3) is 0 Å². The lowest BCUT2D eigenvalue weighted by Gasteiger charge is -2.11. The van der Waals surface area contributed by atoms with Gasteiger partial charge in [0.25, 0.3) is 0 Å². The lowest BCUT2D eigenvalue weighted by atomic mass is 10.0. The van der Waals surface area contributed by atoms with Gasteiger partial charge in [-0.15, -0.1) is 0 Å². The van der Waals surface area contributed by atoms with Crippen molar-refractivity contribution in [3.63, 3.8) is 0 Å². The van der Waals surface area contributed by atoms with Crippen LogP contribution in [-0.4, -0.2) is 11.0 Å². The molecule has 1 aromatic heterocycles. The lowest BCUT2D eigenvalue weighted by molar-refractivity contribution is 0.539. The van der Waals surface area contributed by atoms with E-state index in [9.17, 15) is 0 Å². The summed E-state index contributed by atoms with van der Waals surface area (Å²) in [4.78, 5) is 4.14. The Kier molecular flexibility index (Phi) is 3.60. The molecule has 3 atom stereocenters. The van der Waals surface area contributed by atoms with E-state index in [0.717, 1.165) is 12.8 Å². The van der Waals surface area contributed by atoms with Crippen LogP contribution in [0.15, 0.2) is 54.9 Å². The van der Waals surface area contributed by atoms with E-state index < -0.39 is 0 Å². The third kappa shape index (κ3) is 3.02. The second kappa shape index (κ2) is 5.54. The van der Waals surface area contributed by atoms with Crippen molar-refractivity contribution in [3.05, 3.63) is 66.0 Å². The summed E-state index contributed by atoms with van der Waals surface area (Å²) in [6, 6.07) is 15.2. The smallest absolute Gasteiger partial charge is 0.0299 e. The number of benzene rings is 1. The highest BCUT2D eigenvalue weighted by atomic mass is 14.7. The number of hydrogen-bond donors (Lipinski definition) is 1. The van der Waals surface area contributed by atoms with Gasteiger partial charge in [-0.25, -0.2) is 0 Å². The number of nitrogens with zero attached hydrogens (tertiary/aromatic N) is 1. The molecule has 3 rings (SSSR count). The molecule has 1 aliphatic carbocycles. The molecule has 2 N–H and O–H groups in total. The van der Waals surface area contributed by atoms with E-state index in [2.05, 4.69) is 41.4 Å². The average molecular weight is 252 g/mol. The Morgan fingerprint density at radius 2 is 2.00 bits per heavy atom. The number of aryl methyl sites for hydroxylation is 1. The maximum Gasteiger partial charge on any atom is 0.0299 e. The summed E-state index contributed by atoms with van der Waals surface area (Å²) in [6.45, 7) is 0. The van der Waals surface area contributed by atoms with Crippen LogP contribution < -0.4 is 5.73 Å². The van der Waals surface area contributed by atoms with Gasteiger partial charge < -0.3 is 5.73 Å². The second-order valence-electron chi connectivity index (χ2n) is 5.48. The Morgan fingerprint density at radius 1 is 1.16 bits per heavy atom. The van der Waals surface area contributed by atoms with Gasteiger partial charge in [-0.3, -0.25) is 4.98 Å². The summed E-state index contributed by atoms with van der Waals surface area (Å²) in [7, 11) is 0. The minimum absolute atomic E-state index is 0.311. The van der Waals surface area contributed by atoms with Gasteiger partial charge in [0.2, 0.25) is 0 Å². The van der Waals surface area contributed by atoms with Crippen molar-refractivity contribution >= 4 is 0 Å². The van der Waals surface area contributed by atoms with Gasteiger partial charge in [-0.1, -0.05) is 36.4 Å². The van der Waals surface area contributed by atoms with Gasteiger partial charge in [0.15, 0.2) is 0 Å². The quantitative estimate of drug-likeness (QED) is 0.888. The molecule has 0 radical (unpaired) electrons. The molecular weight excluding hydrogens is 232 g/mol. The van der Waals surface area contributed by atoms with Crippen LogP contribution in [0.1, 0.15) is 29.9 Å². The third-order valence-corrected chi connectivity index (χ3v) is 4.11. The topological polar surface area (TPSA) is 38.9 Å². The maximum absolute atomic E-state index is 6.33. The van der Waals surface area contributed by atoms with Crippen LogP contribution in [0, 0.1) is 5.92 Å². The Labute approximate surface area is 114 Å². The monoisotopic (exact) mass is 252 g/mol. The summed E-state index contributed by atoms with van der Waals surface area (Å²) >= 11 is 0. The van der Waals surface area contributed by atoms with Gasteiger partial charge in [-0.05, 0) is 48.3 Å². The summed E-state index contributed by atoms with van der Waals surface area (Å²) in [5, 5.41) is 0. The van der Waals surface area contributed by atoms with Crippen molar-refractivity contribution < 1.29 is 0 Å². The average Bonchev–Trinajstić information content (AvgIpc) is 3.27. The molecule has 2 aromatic rings. The largest absolute Gasteiger partial charge is 0.327 e. The predicted octanol–water partition coefficient (Wildman–Crippen LogP) is 3.15. The first-order valence-electron chi connectivity index (χ1n) is 7.04. The number of pyridine rings is 1. The van der Waals surface area contributed by atoms with Crippen LogP contribution in [0.4, 0.5) is 0 Å². The number of nitrogens with two attached hydrogens (primary N) is 1. The predicted molar refractivity (Wildman–Crippen MR) is 77.8 cm³/mol. The van der Waals surface area contributed by atoms with Gasteiger partial charge >= 0.3 is 0 Å². The maximum atomic E-state index is 6.33. The molecule has 1 aliphatic rings. The minimum Gasteiger partial charge on any atom is -0.327 e. The molecule has 0 bridgehead atoms. The summed E-state index contributed by atoms with van der Waals surface area (Å²) in [5.41, 5.74) is 9.07. The molecule has 0 amide bonds. The first kappa shape index (κ1) is 12.4. The van der Waals surface area contributed by atoms with Crippen LogP contribution in [0.5, 0.6) is 0 Å². The normalized spacial score (nSPS) is 23.0. The lowest BCUT2D eigenvalue weighted by Crippen LogP contribution is -2.23. The van der Waals surface area contributed by atoms with Crippen molar-refractivity contribution in [1.29, 1.82) is 0 Å². The zero-order valence-corrected chi connectivity index (χ0v) is 11.1. The van der Waals surface area contributed by atoms with Crippen molar-refractivity contribution in [2.24, 2.45) is 11.7 Å². The zero-order valence-electron chi connectivity index (χ0n) is 11.1. The fourth-order valence-electron chi connectivity index (χ4n) is 2.86. The van der Waals surface area contributed by atoms with Crippen LogP contribution in [0.2, 0.25) is 0 Å². The minimum atomic E-state index is 0.311. The first-order valence-corrected chi connectivity index (χ1v) is 7.04. The number of hydrogen-bond acceptors (Lipinski definition) is 2. The first-order chi connectivity index (χ1) is 9.34. The Bertz CT molecular complexity index is 509. The SMILES string of the molecule is NC(CCc1cccnc1)C1CC1c1ccccc1. The van der Waals surface area contributed by atoms with E-state index in [4.69, 9.17) is 5.73 Å². The molecule has 0 aliphatic heterocycles. The van der Waals surface area contributed by atoms with Crippen molar-refractivity contribution in [2.75, 3.05) is 0 Å². The van der Waals surface area contributed by atoms with Gasteiger partial charge in [-0.2, -0.15) is 0 Å². The highest BCUT2D eigenvalue weighted by molar-refractivity contribution is 5.26. The molecule has 0 spiro atoms. The van der Waals surface area contributed by atoms with E-state index >= 15 is 0 Å². The third-order valence-electron chi connectivity index (χ3n) is 4.11. The zero-order chi connectivity index (χ0) is 13.1. The molecule has 2 nitrogen and oxygen atoms in total. The van der Waals surface area contributed by atoms with E-state index in [0.29, 0.717) is 17.9 Å². The molecule has 1 fully saturated rings. The molecule has 2 heteroatoms. The van der Waals surface area contributed by atoms with Crippen LogP contribution in [0.3, 0.4) is 0 Å². The second-order valence-corrected chi connectivity index (χ2v) is 5.48. The fourth-order valence-corrected chi connectivity index (χ4v) is 2.86. The molecular formula is C17H20N2. The van der Waals surface area contributed by atoms with E-state index in [-0.39, 0.29) is 0 Å². The molecule has 0 saturated heterocycles. The van der Waals surface area contributed by atoms with Gasteiger partial charge in [0.1, 0.15) is 0 Å². The molecule has 1 aromatic carbocycles. The summed E-state index contributed by atoms with van der Waals surface area (Å²) in [6.07, 6.45) is 7.09.